The van der Waals surface area contributed by atoms with Crippen molar-refractivity contribution in [3.8, 4) is 0 Å². The van der Waals surface area contributed by atoms with E-state index < -0.39 is 5.97 Å². The lowest BCUT2D eigenvalue weighted by molar-refractivity contribution is -0.136. The molecule has 1 rings (SSSR count). The number of carboxylic acids is 1. The van der Waals surface area contributed by atoms with Crippen molar-refractivity contribution < 1.29 is 9.90 Å². The van der Waals surface area contributed by atoms with Gasteiger partial charge in [-0.3, -0.25) is 4.79 Å². The summed E-state index contributed by atoms with van der Waals surface area (Å²) in [5.41, 5.74) is 0. The Labute approximate surface area is 80.8 Å². The van der Waals surface area contributed by atoms with Gasteiger partial charge in [-0.1, -0.05) is 13.0 Å². The molecule has 0 spiro atoms. The molecule has 1 N–H and O–H groups in total. The standard InChI is InChI=1S/C8H12O2S2/c1-6(5-7(9)10)12-8-3-2-4-11-8/h2,4,6,8H,3,5H2,1H3,(H,9,10). The average molecular weight is 204 g/mol. The first-order valence-corrected chi connectivity index (χ1v) is 5.75. The fourth-order valence-corrected chi connectivity index (χ4v) is 3.62. The first kappa shape index (κ1) is 9.99. The molecule has 1 aliphatic rings. The number of carboxylic acid groups (broad SMARTS) is 1. The monoisotopic (exact) mass is 204 g/mol. The second-order valence-corrected chi connectivity index (χ2v) is 5.78. The predicted molar refractivity (Wildman–Crippen MR) is 54.4 cm³/mol. The van der Waals surface area contributed by atoms with Gasteiger partial charge in [-0.2, -0.15) is 0 Å². The summed E-state index contributed by atoms with van der Waals surface area (Å²) in [6.45, 7) is 1.97. The number of carbonyl (C=O) groups is 1. The highest BCUT2D eigenvalue weighted by molar-refractivity contribution is 8.18. The molecule has 4 heteroatoms. The molecule has 0 bridgehead atoms. The van der Waals surface area contributed by atoms with E-state index in [1.165, 1.54) is 0 Å². The van der Waals surface area contributed by atoms with E-state index in [2.05, 4.69) is 11.5 Å². The van der Waals surface area contributed by atoms with Gasteiger partial charge in [0, 0.05) is 5.25 Å². The minimum absolute atomic E-state index is 0.222. The second kappa shape index (κ2) is 4.82. The lowest BCUT2D eigenvalue weighted by atomic mass is 10.3. The highest BCUT2D eigenvalue weighted by Gasteiger charge is 2.16. The third kappa shape index (κ3) is 3.54. The molecule has 0 aromatic carbocycles. The molecule has 0 saturated heterocycles. The van der Waals surface area contributed by atoms with Crippen LogP contribution in [0.1, 0.15) is 19.8 Å². The Morgan fingerprint density at radius 1 is 1.92 bits per heavy atom. The first-order chi connectivity index (χ1) is 5.68. The van der Waals surface area contributed by atoms with Crippen LogP contribution < -0.4 is 0 Å². The molecule has 2 unspecified atom stereocenters. The van der Waals surface area contributed by atoms with Crippen molar-refractivity contribution in [1.82, 2.24) is 0 Å². The molecule has 1 aliphatic heterocycles. The number of hydrogen-bond acceptors (Lipinski definition) is 3. The molecular formula is C8H12O2S2. The van der Waals surface area contributed by atoms with Crippen molar-refractivity contribution in [3.05, 3.63) is 11.5 Å². The van der Waals surface area contributed by atoms with Gasteiger partial charge >= 0.3 is 5.97 Å². The Bertz CT molecular complexity index is 183. The molecule has 0 saturated carbocycles. The Balaban J connectivity index is 2.17. The van der Waals surface area contributed by atoms with Crippen molar-refractivity contribution in [1.29, 1.82) is 0 Å². The summed E-state index contributed by atoms with van der Waals surface area (Å²) in [5, 5.41) is 10.8. The number of thioether (sulfide) groups is 2. The zero-order valence-corrected chi connectivity index (χ0v) is 8.53. The molecule has 2 atom stereocenters. The first-order valence-electron chi connectivity index (χ1n) is 3.86. The fourth-order valence-electron chi connectivity index (χ4n) is 1.01. The van der Waals surface area contributed by atoms with Crippen LogP contribution in [0, 0.1) is 0 Å². The maximum Gasteiger partial charge on any atom is 0.304 e. The quantitative estimate of drug-likeness (QED) is 0.763. The van der Waals surface area contributed by atoms with Crippen LogP contribution in [0.25, 0.3) is 0 Å². The van der Waals surface area contributed by atoms with Crippen LogP contribution in [0.15, 0.2) is 11.5 Å². The van der Waals surface area contributed by atoms with E-state index >= 15 is 0 Å². The number of hydrogen-bond donors (Lipinski definition) is 1. The zero-order chi connectivity index (χ0) is 8.97. The lowest BCUT2D eigenvalue weighted by Crippen LogP contribution is -2.08. The van der Waals surface area contributed by atoms with Crippen LogP contribution in [0.3, 0.4) is 0 Å². The minimum Gasteiger partial charge on any atom is -0.481 e. The van der Waals surface area contributed by atoms with Gasteiger partial charge in [0.05, 0.1) is 11.0 Å². The van der Waals surface area contributed by atoms with Crippen molar-refractivity contribution in [3.63, 3.8) is 0 Å². The van der Waals surface area contributed by atoms with E-state index in [1.54, 1.807) is 23.5 Å². The number of allylic oxidation sites excluding steroid dienone is 1. The average Bonchev–Trinajstić information content (AvgIpc) is 2.37. The van der Waals surface area contributed by atoms with E-state index in [0.29, 0.717) is 4.58 Å². The normalized spacial score (nSPS) is 24.2. The number of rotatable bonds is 4. The van der Waals surface area contributed by atoms with Gasteiger partial charge in [0.1, 0.15) is 0 Å². The molecule has 0 aromatic rings. The molecule has 0 radical (unpaired) electrons. The highest BCUT2D eigenvalue weighted by atomic mass is 32.2. The van der Waals surface area contributed by atoms with Gasteiger partial charge in [0.25, 0.3) is 0 Å². The summed E-state index contributed by atoms with van der Waals surface area (Å²) in [7, 11) is 0. The number of aliphatic carboxylic acids is 1. The molecule has 0 fully saturated rings. The summed E-state index contributed by atoms with van der Waals surface area (Å²) in [5.74, 6) is -0.703. The van der Waals surface area contributed by atoms with Crippen LogP contribution in [0.5, 0.6) is 0 Å². The van der Waals surface area contributed by atoms with Crippen LogP contribution in [-0.2, 0) is 4.79 Å². The Morgan fingerprint density at radius 2 is 2.67 bits per heavy atom. The van der Waals surface area contributed by atoms with Gasteiger partial charge in [-0.15, -0.1) is 23.5 Å². The Kier molecular flexibility index (Phi) is 4.01. The Hall–Kier alpha value is -0.0900. The predicted octanol–water partition coefficient (Wildman–Crippen LogP) is 2.56. The maximum atomic E-state index is 10.3. The summed E-state index contributed by atoms with van der Waals surface area (Å²) in [6.07, 6.45) is 3.47. The van der Waals surface area contributed by atoms with E-state index in [1.807, 2.05) is 6.92 Å². The summed E-state index contributed by atoms with van der Waals surface area (Å²) in [6, 6.07) is 0. The smallest absolute Gasteiger partial charge is 0.304 e. The lowest BCUT2D eigenvalue weighted by Gasteiger charge is -2.13. The van der Waals surface area contributed by atoms with E-state index in [-0.39, 0.29) is 11.7 Å². The molecule has 12 heavy (non-hydrogen) atoms. The van der Waals surface area contributed by atoms with Crippen molar-refractivity contribution in [2.24, 2.45) is 0 Å². The highest BCUT2D eigenvalue weighted by Crippen LogP contribution is 2.36. The summed E-state index contributed by atoms with van der Waals surface area (Å²) < 4.78 is 0.541. The second-order valence-electron chi connectivity index (χ2n) is 2.72. The van der Waals surface area contributed by atoms with Gasteiger partial charge < -0.3 is 5.11 Å². The molecule has 0 aromatic heterocycles. The van der Waals surface area contributed by atoms with Gasteiger partial charge in [0.15, 0.2) is 0 Å². The molecule has 0 aliphatic carbocycles. The third-order valence-electron chi connectivity index (χ3n) is 1.50. The molecule has 1 heterocycles. The van der Waals surface area contributed by atoms with Gasteiger partial charge in [-0.05, 0) is 11.8 Å². The van der Waals surface area contributed by atoms with E-state index in [4.69, 9.17) is 5.11 Å². The van der Waals surface area contributed by atoms with E-state index in [9.17, 15) is 4.79 Å². The summed E-state index contributed by atoms with van der Waals surface area (Å²) >= 11 is 3.54. The molecule has 68 valence electrons. The van der Waals surface area contributed by atoms with Crippen molar-refractivity contribution in [2.75, 3.05) is 0 Å². The molecule has 0 amide bonds. The zero-order valence-electron chi connectivity index (χ0n) is 6.90. The molecular weight excluding hydrogens is 192 g/mol. The van der Waals surface area contributed by atoms with Crippen molar-refractivity contribution >= 4 is 29.5 Å². The third-order valence-corrected chi connectivity index (χ3v) is 4.14. The van der Waals surface area contributed by atoms with Crippen LogP contribution in [0.2, 0.25) is 0 Å². The molecule has 2 nitrogen and oxygen atoms in total. The summed E-state index contributed by atoms with van der Waals surface area (Å²) in [4.78, 5) is 10.3. The SMILES string of the molecule is CC(CC(=O)O)SC1CC=CS1. The van der Waals surface area contributed by atoms with E-state index in [0.717, 1.165) is 6.42 Å². The largest absolute Gasteiger partial charge is 0.481 e. The van der Waals surface area contributed by atoms with Gasteiger partial charge in [-0.25, -0.2) is 0 Å². The minimum atomic E-state index is -0.703. The van der Waals surface area contributed by atoms with Crippen LogP contribution in [0.4, 0.5) is 0 Å². The Morgan fingerprint density at radius 3 is 3.17 bits per heavy atom. The topological polar surface area (TPSA) is 37.3 Å². The maximum absolute atomic E-state index is 10.3. The van der Waals surface area contributed by atoms with Gasteiger partial charge in [0.2, 0.25) is 0 Å². The fraction of sp³-hybridized carbons (Fsp3) is 0.625. The van der Waals surface area contributed by atoms with Crippen LogP contribution >= 0.6 is 23.5 Å². The van der Waals surface area contributed by atoms with Crippen LogP contribution in [-0.4, -0.2) is 20.9 Å². The van der Waals surface area contributed by atoms with Crippen molar-refractivity contribution in [2.45, 2.75) is 29.6 Å².